The van der Waals surface area contributed by atoms with Crippen LogP contribution in [-0.4, -0.2) is 16.1 Å². The molecule has 3 aromatic rings. The lowest BCUT2D eigenvalue weighted by molar-refractivity contribution is -0.402. The number of anilines is 1. The summed E-state index contributed by atoms with van der Waals surface area (Å²) in [5.41, 5.74) is 4.76. The first kappa shape index (κ1) is 14.9. The highest BCUT2D eigenvalue weighted by atomic mass is 32.1. The van der Waals surface area contributed by atoms with E-state index in [0.717, 1.165) is 16.1 Å². The topological polar surface area (TPSA) is 93.6 Å². The zero-order valence-electron chi connectivity index (χ0n) is 12.1. The second-order valence-electron chi connectivity index (χ2n) is 4.59. The monoisotopic (exact) mass is 328 g/mol. The maximum atomic E-state index is 10.5. The molecule has 7 nitrogen and oxygen atoms in total. The van der Waals surface area contributed by atoms with E-state index in [1.807, 2.05) is 37.3 Å². The fraction of sp³-hybridized carbons (Fsp3) is 0.0667. The summed E-state index contributed by atoms with van der Waals surface area (Å²) < 4.78 is 4.98. The Hall–Kier alpha value is -3.00. The minimum Gasteiger partial charge on any atom is -0.400 e. The third kappa shape index (κ3) is 3.43. The number of hydrogen-bond donors (Lipinski definition) is 1. The van der Waals surface area contributed by atoms with E-state index in [1.54, 1.807) is 0 Å². The van der Waals surface area contributed by atoms with Gasteiger partial charge in [-0.1, -0.05) is 30.3 Å². The summed E-state index contributed by atoms with van der Waals surface area (Å²) in [7, 11) is 0. The molecule has 1 N–H and O–H groups in total. The van der Waals surface area contributed by atoms with E-state index in [9.17, 15) is 10.1 Å². The quantitative estimate of drug-likeness (QED) is 0.433. The van der Waals surface area contributed by atoms with Gasteiger partial charge in [0.15, 0.2) is 5.76 Å². The lowest BCUT2D eigenvalue weighted by Crippen LogP contribution is -1.89. The Balaban J connectivity index is 1.71. The van der Waals surface area contributed by atoms with Crippen LogP contribution in [0.4, 0.5) is 11.0 Å². The first-order valence-corrected chi connectivity index (χ1v) is 7.51. The van der Waals surface area contributed by atoms with Crippen LogP contribution in [0, 0.1) is 17.0 Å². The highest BCUT2D eigenvalue weighted by Crippen LogP contribution is 2.30. The van der Waals surface area contributed by atoms with Gasteiger partial charge in [-0.2, -0.15) is 5.10 Å². The Morgan fingerprint density at radius 2 is 2.09 bits per heavy atom. The Bertz CT molecular complexity index is 855. The molecule has 116 valence electrons. The standard InChI is InChI=1S/C15H12N4O3S/c1-10-14(11-5-3-2-4-6-11)17-15(23-10)18-16-9-12-7-8-13(22-12)19(20)21/h2-9H,1H3,(H,17,18)/b16-9+. The SMILES string of the molecule is Cc1sc(N/N=C/c2ccc([N+](=O)[O-])o2)nc1-c1ccccc1. The van der Waals surface area contributed by atoms with E-state index in [4.69, 9.17) is 4.42 Å². The molecule has 2 heterocycles. The number of hydrogen-bond acceptors (Lipinski definition) is 7. The number of nitrogens with zero attached hydrogens (tertiary/aromatic N) is 3. The number of benzene rings is 1. The zero-order valence-corrected chi connectivity index (χ0v) is 12.9. The molecule has 23 heavy (non-hydrogen) atoms. The Morgan fingerprint density at radius 1 is 1.30 bits per heavy atom. The van der Waals surface area contributed by atoms with Crippen molar-refractivity contribution in [3.8, 4) is 11.3 Å². The Kier molecular flexibility index (Phi) is 4.15. The van der Waals surface area contributed by atoms with Crippen LogP contribution in [0.3, 0.4) is 0 Å². The average molecular weight is 328 g/mol. The molecule has 0 aliphatic heterocycles. The van der Waals surface area contributed by atoms with Gasteiger partial charge in [0.05, 0.1) is 18.0 Å². The molecular formula is C15H12N4O3S. The van der Waals surface area contributed by atoms with E-state index in [0.29, 0.717) is 10.9 Å². The van der Waals surface area contributed by atoms with Gasteiger partial charge in [-0.15, -0.1) is 11.3 Å². The third-order valence-electron chi connectivity index (χ3n) is 2.99. The highest BCUT2D eigenvalue weighted by molar-refractivity contribution is 7.15. The predicted octanol–water partition coefficient (Wildman–Crippen LogP) is 4.07. The van der Waals surface area contributed by atoms with Gasteiger partial charge in [0.1, 0.15) is 4.92 Å². The average Bonchev–Trinajstić information content (AvgIpc) is 3.15. The summed E-state index contributed by atoms with van der Waals surface area (Å²) in [5, 5.41) is 15.2. The van der Waals surface area contributed by atoms with Crippen LogP contribution in [-0.2, 0) is 0 Å². The van der Waals surface area contributed by atoms with Crippen molar-refractivity contribution in [2.45, 2.75) is 6.92 Å². The molecule has 1 aromatic carbocycles. The van der Waals surface area contributed by atoms with Gasteiger partial charge in [-0.05, 0) is 13.0 Å². The number of nitro groups is 1. The number of aromatic nitrogens is 1. The maximum absolute atomic E-state index is 10.5. The molecular weight excluding hydrogens is 316 g/mol. The van der Waals surface area contributed by atoms with E-state index in [1.165, 1.54) is 29.7 Å². The Morgan fingerprint density at radius 3 is 2.78 bits per heavy atom. The van der Waals surface area contributed by atoms with Gasteiger partial charge in [0, 0.05) is 10.4 Å². The lowest BCUT2D eigenvalue weighted by atomic mass is 10.1. The van der Waals surface area contributed by atoms with Crippen LogP contribution >= 0.6 is 11.3 Å². The third-order valence-corrected chi connectivity index (χ3v) is 3.86. The van der Waals surface area contributed by atoms with Gasteiger partial charge < -0.3 is 4.42 Å². The first-order valence-electron chi connectivity index (χ1n) is 6.69. The van der Waals surface area contributed by atoms with Gasteiger partial charge in [-0.25, -0.2) is 4.98 Å². The molecule has 0 spiro atoms. The molecule has 0 saturated heterocycles. The van der Waals surface area contributed by atoms with Crippen molar-refractivity contribution in [2.75, 3.05) is 5.43 Å². The molecule has 0 bridgehead atoms. The summed E-state index contributed by atoms with van der Waals surface area (Å²) in [6.07, 6.45) is 1.37. The van der Waals surface area contributed by atoms with Crippen molar-refractivity contribution in [3.05, 3.63) is 63.2 Å². The number of hydrazone groups is 1. The lowest BCUT2D eigenvalue weighted by Gasteiger charge is -1.96. The summed E-state index contributed by atoms with van der Waals surface area (Å²) in [4.78, 5) is 15.5. The molecule has 0 atom stereocenters. The number of thiazole rings is 1. The smallest absolute Gasteiger partial charge is 0.400 e. The summed E-state index contributed by atoms with van der Waals surface area (Å²) in [5.74, 6) is -0.0244. The first-order chi connectivity index (χ1) is 11.1. The van der Waals surface area contributed by atoms with Crippen LogP contribution < -0.4 is 5.43 Å². The zero-order chi connectivity index (χ0) is 16.2. The number of rotatable bonds is 5. The van der Waals surface area contributed by atoms with Gasteiger partial charge in [0.25, 0.3) is 0 Å². The van der Waals surface area contributed by atoms with Gasteiger partial charge in [-0.3, -0.25) is 15.5 Å². The highest BCUT2D eigenvalue weighted by Gasteiger charge is 2.11. The number of aryl methyl sites for hydroxylation is 1. The van der Waals surface area contributed by atoms with E-state index in [-0.39, 0.29) is 5.88 Å². The summed E-state index contributed by atoms with van der Waals surface area (Å²) in [6.45, 7) is 1.99. The van der Waals surface area contributed by atoms with Crippen LogP contribution in [0.2, 0.25) is 0 Å². The van der Waals surface area contributed by atoms with Crippen molar-refractivity contribution < 1.29 is 9.34 Å². The fourth-order valence-electron chi connectivity index (χ4n) is 1.97. The molecule has 0 unspecified atom stereocenters. The minimum absolute atomic E-state index is 0.292. The summed E-state index contributed by atoms with van der Waals surface area (Å²) in [6, 6.07) is 12.6. The minimum atomic E-state index is -0.596. The molecule has 0 aliphatic rings. The van der Waals surface area contributed by atoms with Crippen molar-refractivity contribution in [2.24, 2.45) is 5.10 Å². The molecule has 0 amide bonds. The molecule has 0 saturated carbocycles. The normalized spacial score (nSPS) is 11.0. The van der Waals surface area contributed by atoms with E-state index >= 15 is 0 Å². The second-order valence-corrected chi connectivity index (χ2v) is 5.80. The van der Waals surface area contributed by atoms with Gasteiger partial charge in [0.2, 0.25) is 5.13 Å². The van der Waals surface area contributed by atoms with E-state index < -0.39 is 4.92 Å². The second kappa shape index (κ2) is 6.41. The molecule has 0 radical (unpaired) electrons. The molecule has 2 aromatic heterocycles. The van der Waals surface area contributed by atoms with E-state index in [2.05, 4.69) is 15.5 Å². The van der Waals surface area contributed by atoms with Crippen molar-refractivity contribution >= 4 is 28.6 Å². The maximum Gasteiger partial charge on any atom is 0.433 e. The van der Waals surface area contributed by atoms with Crippen molar-refractivity contribution in [3.63, 3.8) is 0 Å². The largest absolute Gasteiger partial charge is 0.433 e. The van der Waals surface area contributed by atoms with Crippen LogP contribution in [0.1, 0.15) is 10.6 Å². The van der Waals surface area contributed by atoms with Crippen LogP contribution in [0.5, 0.6) is 0 Å². The predicted molar refractivity (Wildman–Crippen MR) is 88.9 cm³/mol. The molecule has 3 rings (SSSR count). The molecule has 0 aliphatic carbocycles. The number of nitrogens with one attached hydrogen (secondary N) is 1. The van der Waals surface area contributed by atoms with Gasteiger partial charge >= 0.3 is 5.88 Å². The summed E-state index contributed by atoms with van der Waals surface area (Å²) >= 11 is 1.48. The van der Waals surface area contributed by atoms with Crippen molar-refractivity contribution in [1.82, 2.24) is 4.98 Å². The van der Waals surface area contributed by atoms with Crippen LogP contribution in [0.25, 0.3) is 11.3 Å². The molecule has 0 fully saturated rings. The fourth-order valence-corrected chi connectivity index (χ4v) is 2.75. The van der Waals surface area contributed by atoms with Crippen molar-refractivity contribution in [1.29, 1.82) is 0 Å². The number of furan rings is 1. The Labute approximate surface area is 135 Å². The molecule has 8 heteroatoms. The van der Waals surface area contributed by atoms with Crippen LogP contribution in [0.15, 0.2) is 52.0 Å².